The first-order valence-electron chi connectivity index (χ1n) is 11.4. The van der Waals surface area contributed by atoms with Crippen LogP contribution in [-0.4, -0.2) is 37.5 Å². The molecule has 36 heavy (non-hydrogen) atoms. The van der Waals surface area contributed by atoms with Crippen LogP contribution in [0.15, 0.2) is 48.0 Å². The minimum atomic E-state index is -0.986. The smallest absolute Gasteiger partial charge is 0.270 e. The predicted molar refractivity (Wildman–Crippen MR) is 143 cm³/mol. The Bertz CT molecular complexity index is 1410. The zero-order valence-corrected chi connectivity index (χ0v) is 21.8. The van der Waals surface area contributed by atoms with Crippen LogP contribution < -0.4 is 16.8 Å². The summed E-state index contributed by atoms with van der Waals surface area (Å²) in [6.45, 7) is 6.01. The first-order chi connectivity index (χ1) is 17.1. The van der Waals surface area contributed by atoms with Gasteiger partial charge in [0.25, 0.3) is 11.8 Å². The number of H-pyrrole nitrogens is 1. The molecule has 3 amide bonds. The number of carbonyl (C=O) groups is 3. The van der Waals surface area contributed by atoms with Crippen molar-refractivity contribution < 1.29 is 14.4 Å². The van der Waals surface area contributed by atoms with Crippen LogP contribution in [0.1, 0.15) is 63.8 Å². The molecule has 1 aromatic carbocycles. The number of anilines is 1. The number of para-hydroxylation sites is 1. The Balaban J connectivity index is 1.88. The molecule has 3 heterocycles. The number of benzene rings is 1. The number of aromatic nitrogens is 2. The minimum Gasteiger partial charge on any atom is -0.395 e. The molecule has 9 nitrogen and oxygen atoms in total. The van der Waals surface area contributed by atoms with Crippen molar-refractivity contribution in [1.82, 2.24) is 19.6 Å². The number of hydrogen-bond donors (Lipinski definition) is 4. The Hall–Kier alpha value is -3.70. The molecule has 11 heteroatoms. The van der Waals surface area contributed by atoms with Crippen LogP contribution in [0.25, 0.3) is 10.9 Å². The van der Waals surface area contributed by atoms with E-state index in [4.69, 9.17) is 11.5 Å². The third-order valence-corrected chi connectivity index (χ3v) is 7.86. The zero-order valence-electron chi connectivity index (χ0n) is 20.2. The van der Waals surface area contributed by atoms with Gasteiger partial charge in [-0.3, -0.25) is 14.4 Å². The van der Waals surface area contributed by atoms with Crippen molar-refractivity contribution in [3.05, 3.63) is 69.0 Å². The molecule has 0 radical (unpaired) electrons. The summed E-state index contributed by atoms with van der Waals surface area (Å²) in [5.74, 6) is -1.65. The van der Waals surface area contributed by atoms with Crippen LogP contribution in [0.5, 0.6) is 0 Å². The average Bonchev–Trinajstić information content (AvgIpc) is 3.58. The first-order valence-corrected chi connectivity index (χ1v) is 13.0. The van der Waals surface area contributed by atoms with E-state index in [0.29, 0.717) is 12.0 Å². The Morgan fingerprint density at radius 1 is 1.19 bits per heavy atom. The van der Waals surface area contributed by atoms with E-state index in [-0.39, 0.29) is 28.7 Å². The highest BCUT2D eigenvalue weighted by Gasteiger charge is 2.37. The maximum atomic E-state index is 14.0. The summed E-state index contributed by atoms with van der Waals surface area (Å²) in [4.78, 5) is 45.3. The summed E-state index contributed by atoms with van der Waals surface area (Å²) in [5.41, 5.74) is 12.3. The summed E-state index contributed by atoms with van der Waals surface area (Å²) >= 11 is 2.27. The molecular weight excluding hydrogens is 496 g/mol. The third kappa shape index (κ3) is 4.98. The summed E-state index contributed by atoms with van der Waals surface area (Å²) in [6.07, 6.45) is 2.45. The van der Waals surface area contributed by atoms with Gasteiger partial charge in [0.2, 0.25) is 5.91 Å². The fourth-order valence-electron chi connectivity index (χ4n) is 3.87. The zero-order chi connectivity index (χ0) is 26.0. The molecule has 0 aliphatic carbocycles. The Labute approximate surface area is 216 Å². The molecule has 0 aliphatic heterocycles. The topological polar surface area (TPSA) is 147 Å². The number of carbonyl (C=O) groups excluding carboxylic acids is 3. The Morgan fingerprint density at radius 3 is 2.58 bits per heavy atom. The van der Waals surface area contributed by atoms with E-state index < -0.39 is 23.4 Å². The van der Waals surface area contributed by atoms with Crippen molar-refractivity contribution in [1.29, 1.82) is 0 Å². The van der Waals surface area contributed by atoms with Gasteiger partial charge in [-0.25, -0.2) is 0 Å². The van der Waals surface area contributed by atoms with E-state index in [1.54, 1.807) is 6.20 Å². The lowest BCUT2D eigenvalue weighted by molar-refractivity contribution is -0.127. The average molecular weight is 525 g/mol. The number of amides is 3. The van der Waals surface area contributed by atoms with Gasteiger partial charge >= 0.3 is 0 Å². The van der Waals surface area contributed by atoms with Crippen LogP contribution in [0.3, 0.4) is 0 Å². The highest BCUT2D eigenvalue weighted by molar-refractivity contribution is 7.10. The second-order valence-electron chi connectivity index (χ2n) is 9.07. The third-order valence-electron chi connectivity index (χ3n) is 6.14. The highest BCUT2D eigenvalue weighted by atomic mass is 32.1. The molecule has 0 spiro atoms. The number of primary amides is 1. The molecule has 0 fully saturated rings. The maximum absolute atomic E-state index is 14.0. The summed E-state index contributed by atoms with van der Waals surface area (Å²) in [6, 6.07) is 10.4. The summed E-state index contributed by atoms with van der Waals surface area (Å²) in [7, 11) is 0. The van der Waals surface area contributed by atoms with E-state index in [2.05, 4.69) is 14.7 Å². The van der Waals surface area contributed by atoms with E-state index in [1.807, 2.05) is 62.5 Å². The van der Waals surface area contributed by atoms with Gasteiger partial charge in [0.15, 0.2) is 5.69 Å². The lowest BCUT2D eigenvalue weighted by atomic mass is 9.98. The van der Waals surface area contributed by atoms with Crippen molar-refractivity contribution >= 4 is 57.2 Å². The molecule has 3 aromatic heterocycles. The molecule has 4 aromatic rings. The fourth-order valence-corrected chi connectivity index (χ4v) is 5.34. The van der Waals surface area contributed by atoms with Crippen molar-refractivity contribution in [3.8, 4) is 0 Å². The van der Waals surface area contributed by atoms with Crippen molar-refractivity contribution in [2.75, 3.05) is 5.73 Å². The Kier molecular flexibility index (Phi) is 7.14. The van der Waals surface area contributed by atoms with Gasteiger partial charge < -0.3 is 26.7 Å². The molecule has 0 bridgehead atoms. The van der Waals surface area contributed by atoms with Crippen LogP contribution in [0.2, 0.25) is 0 Å². The standard InChI is InChI=1S/C25H28N6O3S2/c1-4-25(2,3)29-23(33)20(16-12-28-17-10-6-5-9-15(16)17)31(13-14-8-7-11-35-14)24(34)21-18(26)19(22(27)32)30-36-21/h5-12,20,28H,4,13,26H2,1-3H3,(H2,27,32)(H,29,33)/t20-/m0/s1. The largest absolute Gasteiger partial charge is 0.395 e. The maximum Gasteiger partial charge on any atom is 0.270 e. The molecule has 1 atom stereocenters. The number of rotatable bonds is 9. The van der Waals surface area contributed by atoms with Crippen molar-refractivity contribution in [3.63, 3.8) is 0 Å². The molecule has 4 rings (SSSR count). The number of hydrogen-bond acceptors (Lipinski definition) is 7. The minimum absolute atomic E-state index is 0.0627. The van der Waals surface area contributed by atoms with Gasteiger partial charge in [-0.05, 0) is 49.3 Å². The van der Waals surface area contributed by atoms with E-state index in [0.717, 1.165) is 27.3 Å². The number of nitrogen functional groups attached to an aromatic ring is 1. The number of fused-ring (bicyclic) bond motifs is 1. The quantitative estimate of drug-likeness (QED) is 0.261. The van der Waals surface area contributed by atoms with Gasteiger partial charge in [0.1, 0.15) is 10.9 Å². The van der Waals surface area contributed by atoms with Crippen molar-refractivity contribution in [2.24, 2.45) is 5.73 Å². The molecule has 0 unspecified atom stereocenters. The van der Waals surface area contributed by atoms with Crippen LogP contribution in [0, 0.1) is 0 Å². The summed E-state index contributed by atoms with van der Waals surface area (Å²) < 4.78 is 4.00. The highest BCUT2D eigenvalue weighted by Crippen LogP contribution is 2.34. The number of nitrogens with one attached hydrogen (secondary N) is 2. The van der Waals surface area contributed by atoms with Crippen LogP contribution in [-0.2, 0) is 11.3 Å². The number of thiophene rings is 1. The first kappa shape index (κ1) is 25.4. The molecule has 0 aliphatic rings. The van der Waals surface area contributed by atoms with Crippen molar-refractivity contribution in [2.45, 2.75) is 45.3 Å². The number of nitrogens with two attached hydrogens (primary N) is 2. The van der Waals surface area contributed by atoms with Gasteiger partial charge in [0, 0.05) is 33.1 Å². The molecule has 0 saturated heterocycles. The van der Waals surface area contributed by atoms with Crippen LogP contribution in [0.4, 0.5) is 5.69 Å². The SMILES string of the molecule is CCC(C)(C)NC(=O)[C@H](c1c[nH]c2ccccc12)N(Cc1cccs1)C(=O)c1snc(C(N)=O)c1N. The van der Waals surface area contributed by atoms with E-state index in [1.165, 1.54) is 16.2 Å². The lowest BCUT2D eigenvalue weighted by Gasteiger charge is -2.34. The van der Waals surface area contributed by atoms with Gasteiger partial charge in [-0.2, -0.15) is 4.37 Å². The molecule has 188 valence electrons. The molecular formula is C25H28N6O3S2. The van der Waals surface area contributed by atoms with Crippen LogP contribution >= 0.6 is 22.9 Å². The second-order valence-corrected chi connectivity index (χ2v) is 10.9. The lowest BCUT2D eigenvalue weighted by Crippen LogP contribution is -2.50. The van der Waals surface area contributed by atoms with E-state index >= 15 is 0 Å². The Morgan fingerprint density at radius 2 is 1.94 bits per heavy atom. The second kappa shape index (κ2) is 10.1. The molecule has 6 N–H and O–H groups in total. The normalized spacial score (nSPS) is 12.4. The van der Waals surface area contributed by atoms with Gasteiger partial charge in [-0.1, -0.05) is 31.2 Å². The number of nitrogens with zero attached hydrogens (tertiary/aromatic N) is 2. The van der Waals surface area contributed by atoms with E-state index in [9.17, 15) is 14.4 Å². The number of aromatic amines is 1. The monoisotopic (exact) mass is 524 g/mol. The van der Waals surface area contributed by atoms with Gasteiger partial charge in [-0.15, -0.1) is 11.3 Å². The molecule has 0 saturated carbocycles. The predicted octanol–water partition coefficient (Wildman–Crippen LogP) is 4.06. The van der Waals surface area contributed by atoms with Gasteiger partial charge in [0.05, 0.1) is 12.2 Å². The summed E-state index contributed by atoms with van der Waals surface area (Å²) in [5, 5.41) is 5.84. The fraction of sp³-hybridized carbons (Fsp3) is 0.280.